The molecule has 1 radical (unpaired) electrons. The molecule has 0 bridgehead atoms. The van der Waals surface area contributed by atoms with Crippen molar-refractivity contribution in [2.45, 2.75) is 43.8 Å². The number of rotatable bonds is 3. The van der Waals surface area contributed by atoms with Crippen LogP contribution in [0.3, 0.4) is 0 Å². The first-order chi connectivity index (χ1) is 11.4. The van der Waals surface area contributed by atoms with Crippen LogP contribution in [0.5, 0.6) is 0 Å². The number of anilines is 1. The second-order valence-electron chi connectivity index (χ2n) is 7.18. The minimum atomic E-state index is -3.61. The molecular formula is C17H23KN3O3S. The van der Waals surface area contributed by atoms with Gasteiger partial charge in [0, 0.05) is 70.2 Å². The van der Waals surface area contributed by atoms with Crippen LogP contribution in [-0.4, -0.2) is 96.1 Å². The van der Waals surface area contributed by atoms with Gasteiger partial charge in [0.25, 0.3) is 0 Å². The first-order valence-corrected chi connectivity index (χ1v) is 10.2. The van der Waals surface area contributed by atoms with Crippen LogP contribution in [0.4, 0.5) is 10.5 Å². The number of hydrogen-bond acceptors (Lipinski definition) is 4. The van der Waals surface area contributed by atoms with Gasteiger partial charge in [0.1, 0.15) is 5.25 Å². The number of amides is 2. The molecule has 1 fully saturated rings. The van der Waals surface area contributed by atoms with E-state index in [-0.39, 0.29) is 51.4 Å². The Morgan fingerprint density at radius 3 is 2.16 bits per heavy atom. The molecule has 2 aliphatic carbocycles. The summed E-state index contributed by atoms with van der Waals surface area (Å²) in [5.74, 6) is 0. The van der Waals surface area contributed by atoms with Crippen LogP contribution in [0, 0.1) is 0 Å². The molecule has 1 heterocycles. The molecule has 1 saturated heterocycles. The van der Waals surface area contributed by atoms with Crippen molar-refractivity contribution in [2.75, 3.05) is 25.5 Å². The van der Waals surface area contributed by atoms with Gasteiger partial charge in [-0.05, 0) is 67.8 Å². The summed E-state index contributed by atoms with van der Waals surface area (Å²) >= 11 is 0. The summed E-state index contributed by atoms with van der Waals surface area (Å²) in [6.45, 7) is 0.942. The number of nitrogens with one attached hydrogen (secondary N) is 2. The van der Waals surface area contributed by atoms with Crippen molar-refractivity contribution in [2.24, 2.45) is 0 Å². The first kappa shape index (κ1) is 19.8. The van der Waals surface area contributed by atoms with Gasteiger partial charge in [-0.25, -0.2) is 17.9 Å². The van der Waals surface area contributed by atoms with Crippen LogP contribution in [0.15, 0.2) is 6.07 Å². The maximum atomic E-state index is 12.3. The Labute approximate surface area is 191 Å². The third-order valence-electron chi connectivity index (χ3n) is 5.42. The Bertz CT molecular complexity index is 772. The number of sulfonamides is 1. The number of carbonyl (C=O) groups is 1. The molecule has 1 aliphatic heterocycles. The van der Waals surface area contributed by atoms with Gasteiger partial charge in [0.05, 0.1) is 0 Å². The normalized spacial score (nSPS) is 19.6. The molecular weight excluding hydrogens is 365 g/mol. The Morgan fingerprint density at radius 1 is 1.08 bits per heavy atom. The summed E-state index contributed by atoms with van der Waals surface area (Å²) in [7, 11) is -1.74. The Balaban J connectivity index is 0.00000182. The summed E-state index contributed by atoms with van der Waals surface area (Å²) in [6, 6.07) is 1.66. The maximum Gasteiger partial charge on any atom is 0.332 e. The largest absolute Gasteiger partial charge is 0.332 e. The van der Waals surface area contributed by atoms with Crippen molar-refractivity contribution in [3.63, 3.8) is 0 Å². The zero-order chi connectivity index (χ0) is 16.9. The third kappa shape index (κ3) is 3.85. The van der Waals surface area contributed by atoms with Crippen LogP contribution in [0.25, 0.3) is 0 Å². The SMILES string of the molecule is CN1CC(S(=O)(=O)NC(=O)Nc2c3c(cc4c2CCC4)CCC3)C1.[K]. The van der Waals surface area contributed by atoms with Crippen LogP contribution < -0.4 is 10.0 Å². The average Bonchev–Trinajstić information content (AvgIpc) is 3.11. The van der Waals surface area contributed by atoms with E-state index in [4.69, 9.17) is 0 Å². The van der Waals surface area contributed by atoms with E-state index in [1.54, 1.807) is 0 Å². The van der Waals surface area contributed by atoms with E-state index in [2.05, 4.69) is 16.1 Å². The van der Waals surface area contributed by atoms with Gasteiger partial charge in [0.2, 0.25) is 10.0 Å². The molecule has 1 aromatic rings. The predicted molar refractivity (Wildman–Crippen MR) is 98.6 cm³/mol. The van der Waals surface area contributed by atoms with Gasteiger partial charge in [-0.2, -0.15) is 0 Å². The molecule has 8 heteroatoms. The molecule has 2 N–H and O–H groups in total. The monoisotopic (exact) mass is 388 g/mol. The smallest absolute Gasteiger partial charge is 0.307 e. The summed E-state index contributed by atoms with van der Waals surface area (Å²) in [5.41, 5.74) is 5.90. The molecule has 4 rings (SSSR count). The van der Waals surface area contributed by atoms with E-state index >= 15 is 0 Å². The molecule has 2 amide bonds. The summed E-state index contributed by atoms with van der Waals surface area (Å²) in [5, 5.41) is 2.37. The minimum absolute atomic E-state index is 0. The van der Waals surface area contributed by atoms with Gasteiger partial charge < -0.3 is 10.2 Å². The minimum Gasteiger partial charge on any atom is -0.307 e. The Kier molecular flexibility index (Phi) is 6.00. The second-order valence-corrected chi connectivity index (χ2v) is 9.14. The third-order valence-corrected chi connectivity index (χ3v) is 7.06. The van der Waals surface area contributed by atoms with Crippen molar-refractivity contribution >= 4 is 73.1 Å². The molecule has 0 spiro atoms. The van der Waals surface area contributed by atoms with E-state index in [9.17, 15) is 13.2 Å². The van der Waals surface area contributed by atoms with E-state index in [0.29, 0.717) is 13.1 Å². The molecule has 1 aromatic carbocycles. The van der Waals surface area contributed by atoms with E-state index < -0.39 is 21.3 Å². The number of hydrogen-bond donors (Lipinski definition) is 2. The first-order valence-electron chi connectivity index (χ1n) is 8.62. The molecule has 3 aliphatic rings. The van der Waals surface area contributed by atoms with E-state index in [1.165, 1.54) is 22.3 Å². The zero-order valence-electron chi connectivity index (χ0n) is 14.9. The second kappa shape index (κ2) is 7.57. The van der Waals surface area contributed by atoms with Crippen LogP contribution >= 0.6 is 0 Å². The van der Waals surface area contributed by atoms with Crippen LogP contribution in [-0.2, 0) is 35.7 Å². The molecule has 0 saturated carbocycles. The Hall–Kier alpha value is 0.0364. The van der Waals surface area contributed by atoms with Gasteiger partial charge in [-0.3, -0.25) is 0 Å². The number of benzene rings is 1. The van der Waals surface area contributed by atoms with Crippen molar-refractivity contribution in [1.82, 2.24) is 9.62 Å². The fourth-order valence-electron chi connectivity index (χ4n) is 4.16. The number of fused-ring (bicyclic) bond motifs is 2. The fraction of sp³-hybridized carbons (Fsp3) is 0.588. The number of nitrogens with zero attached hydrogens (tertiary/aromatic N) is 1. The van der Waals surface area contributed by atoms with Crippen molar-refractivity contribution in [1.29, 1.82) is 0 Å². The Morgan fingerprint density at radius 2 is 1.64 bits per heavy atom. The van der Waals surface area contributed by atoms with Crippen molar-refractivity contribution in [3.05, 3.63) is 28.3 Å². The van der Waals surface area contributed by atoms with Crippen molar-refractivity contribution < 1.29 is 13.2 Å². The molecule has 0 unspecified atom stereocenters. The molecule has 131 valence electrons. The summed E-state index contributed by atoms with van der Waals surface area (Å²) in [4.78, 5) is 14.3. The number of aryl methyl sites for hydroxylation is 2. The average molecular weight is 389 g/mol. The fourth-order valence-corrected chi connectivity index (χ4v) is 5.53. The summed E-state index contributed by atoms with van der Waals surface area (Å²) < 4.78 is 26.7. The van der Waals surface area contributed by atoms with Gasteiger partial charge in [0.15, 0.2) is 0 Å². The standard InChI is InChI=1S/C17H23N3O3S.K/c1-20-9-13(10-20)24(22,23)19-17(21)18-16-14-6-2-4-11(14)8-12-5-3-7-15(12)16;/h8,13H,2-7,9-10H2,1H3,(H2,18,19,21);. The topological polar surface area (TPSA) is 78.5 Å². The van der Waals surface area contributed by atoms with Gasteiger partial charge in [-0.15, -0.1) is 0 Å². The molecule has 0 aromatic heterocycles. The molecule has 6 nitrogen and oxygen atoms in total. The van der Waals surface area contributed by atoms with Crippen LogP contribution in [0.1, 0.15) is 35.1 Å². The number of urea groups is 1. The van der Waals surface area contributed by atoms with E-state index in [1.807, 2.05) is 11.9 Å². The predicted octanol–water partition coefficient (Wildman–Crippen LogP) is 1.05. The van der Waals surface area contributed by atoms with Crippen LogP contribution in [0.2, 0.25) is 0 Å². The van der Waals surface area contributed by atoms with Gasteiger partial charge >= 0.3 is 6.03 Å². The van der Waals surface area contributed by atoms with Gasteiger partial charge in [-0.1, -0.05) is 6.07 Å². The number of likely N-dealkylation sites (tertiary alicyclic amines) is 1. The maximum absolute atomic E-state index is 12.3. The van der Waals surface area contributed by atoms with E-state index in [0.717, 1.165) is 44.2 Å². The number of carbonyl (C=O) groups excluding carboxylic acids is 1. The zero-order valence-corrected chi connectivity index (χ0v) is 18.8. The molecule has 0 atom stereocenters. The summed E-state index contributed by atoms with van der Waals surface area (Å²) in [6.07, 6.45) is 6.20. The molecule has 25 heavy (non-hydrogen) atoms. The quantitative estimate of drug-likeness (QED) is 0.759. The van der Waals surface area contributed by atoms with Crippen molar-refractivity contribution in [3.8, 4) is 0 Å².